The Morgan fingerprint density at radius 2 is 0.859 bits per heavy atom. The Hall–Kier alpha value is -4.15. The monoisotopic (exact) mass is 1510 g/mol. The zero-order valence-electron chi connectivity index (χ0n) is 58.2. The molecule has 498 valence electrons. The van der Waals surface area contributed by atoms with E-state index in [1.165, 1.54) is 49.6 Å². The number of aryl methyl sites for hydroxylation is 4. The highest BCUT2D eigenvalue weighted by Gasteiger charge is 2.43. The Kier molecular flexibility index (Phi) is 24.6. The summed E-state index contributed by atoms with van der Waals surface area (Å²) in [5.41, 5.74) is 9.85. The Labute approximate surface area is 580 Å². The summed E-state index contributed by atoms with van der Waals surface area (Å²) >= 11 is 10.8. The molecule has 3 heterocycles. The van der Waals surface area contributed by atoms with Gasteiger partial charge in [0.2, 0.25) is 0 Å². The fourth-order valence-electron chi connectivity index (χ4n) is 11.9. The minimum Gasteiger partial charge on any atom is -0.414 e. The van der Waals surface area contributed by atoms with Gasteiger partial charge in [-0.2, -0.15) is 8.42 Å². The molecule has 0 bridgehead atoms. The van der Waals surface area contributed by atoms with Crippen LogP contribution in [-0.2, 0) is 27.6 Å². The molecule has 0 aliphatic heterocycles. The van der Waals surface area contributed by atoms with Gasteiger partial charge in [-0.1, -0.05) is 80.0 Å². The van der Waals surface area contributed by atoms with Crippen molar-refractivity contribution in [3.8, 4) is 0 Å². The van der Waals surface area contributed by atoms with E-state index in [0.29, 0.717) is 36.4 Å². The van der Waals surface area contributed by atoms with Crippen LogP contribution >= 0.6 is 47.8 Å². The van der Waals surface area contributed by atoms with E-state index in [1.807, 2.05) is 58.2 Å². The predicted molar refractivity (Wildman–Crippen MR) is 401 cm³/mol. The molecule has 2 unspecified atom stereocenters. The summed E-state index contributed by atoms with van der Waals surface area (Å²) in [5.74, 6) is 0. The number of rotatable bonds is 11. The van der Waals surface area contributed by atoms with Gasteiger partial charge in [0.05, 0.1) is 30.7 Å². The standard InChI is InChI=1S/2C22H31BrN2OSi.C19H32O4SSi.C10H7BrN2/c2*1-15-11-21-18(13-20(15)24-5)19(23)14-25(21)16-9-8-10-17(12-16)26-27(6,7)22(2,3)4;1-15-10-12-18(13-11-15)24(20,21)22-16-8-7-9-17(14-16)23-25(5,6)19(2,3)4;1-6-3-10-7(4-9(6)12-2)8(11)5-13-10/h2*11,13-14,16-17H,8-10,12H2,1-4,6-7H3;10-13,16-17H,7-9,14H2,1-6H3;3-5,13H,1H3/t16-,17+;16-,17-;;/m11../s1. The number of aromatic amines is 1. The van der Waals surface area contributed by atoms with Gasteiger partial charge in [-0.25, -0.2) is 14.5 Å². The van der Waals surface area contributed by atoms with Gasteiger partial charge in [-0.15, -0.1) is 0 Å². The molecule has 92 heavy (non-hydrogen) atoms. The van der Waals surface area contributed by atoms with Gasteiger partial charge in [0.25, 0.3) is 10.1 Å². The summed E-state index contributed by atoms with van der Waals surface area (Å²) in [7, 11) is -9.06. The second-order valence-corrected chi connectivity index (χ2v) is 48.9. The van der Waals surface area contributed by atoms with Gasteiger partial charge in [0, 0.05) is 95.1 Å². The largest absolute Gasteiger partial charge is 0.414 e. The average molecular weight is 1510 g/mol. The molecule has 4 aromatic carbocycles. The van der Waals surface area contributed by atoms with Crippen LogP contribution in [0.5, 0.6) is 0 Å². The Morgan fingerprint density at radius 3 is 1.25 bits per heavy atom. The highest BCUT2D eigenvalue weighted by atomic mass is 79.9. The second-order valence-electron chi connectivity index (χ2n) is 30.5. The van der Waals surface area contributed by atoms with Crippen LogP contribution in [0.2, 0.25) is 54.4 Å². The van der Waals surface area contributed by atoms with E-state index >= 15 is 0 Å². The second kappa shape index (κ2) is 30.1. The lowest BCUT2D eigenvalue weighted by Crippen LogP contribution is -2.45. The Bertz CT molecular complexity index is 3840. The van der Waals surface area contributed by atoms with Crippen LogP contribution in [0, 0.1) is 47.4 Å². The number of nitrogens with zero attached hydrogens (tertiary/aromatic N) is 5. The van der Waals surface area contributed by atoms with Crippen molar-refractivity contribution in [3.05, 3.63) is 149 Å². The van der Waals surface area contributed by atoms with E-state index < -0.39 is 35.1 Å². The minimum absolute atomic E-state index is 0.0906. The van der Waals surface area contributed by atoms with Crippen LogP contribution in [0.4, 0.5) is 17.1 Å². The lowest BCUT2D eigenvalue weighted by atomic mass is 9.92. The molecule has 1 N–H and O–H groups in total. The van der Waals surface area contributed by atoms with E-state index in [9.17, 15) is 8.42 Å². The summed E-state index contributed by atoms with van der Waals surface area (Å²) in [6.45, 7) is 64.1. The molecule has 6 atom stereocenters. The minimum atomic E-state index is -3.72. The molecule has 7 aromatic rings. The van der Waals surface area contributed by atoms with E-state index in [4.69, 9.17) is 37.2 Å². The van der Waals surface area contributed by atoms with Crippen molar-refractivity contribution in [3.63, 3.8) is 0 Å². The van der Waals surface area contributed by atoms with Gasteiger partial charge < -0.3 is 27.4 Å². The van der Waals surface area contributed by atoms with Gasteiger partial charge in [0.1, 0.15) is 0 Å². The molecule has 3 fully saturated rings. The van der Waals surface area contributed by atoms with E-state index in [0.717, 1.165) is 101 Å². The lowest BCUT2D eigenvalue weighted by Gasteiger charge is -2.42. The zero-order valence-corrected chi connectivity index (χ0v) is 66.8. The van der Waals surface area contributed by atoms with Crippen molar-refractivity contribution in [1.82, 2.24) is 14.1 Å². The van der Waals surface area contributed by atoms with Gasteiger partial charge in [0.15, 0.2) is 42.0 Å². The number of fused-ring (bicyclic) bond motifs is 3. The normalized spacial score (nSPS) is 20.2. The van der Waals surface area contributed by atoms with E-state index in [2.05, 4.69) is 203 Å². The highest BCUT2D eigenvalue weighted by Crippen LogP contribution is 2.46. The first-order chi connectivity index (χ1) is 42.7. The number of H-pyrrole nitrogens is 1. The number of hydrogen-bond donors (Lipinski definition) is 1. The number of halogens is 3. The molecule has 19 heteroatoms. The molecule has 12 nitrogen and oxygen atoms in total. The maximum atomic E-state index is 12.5. The molecule has 3 aliphatic carbocycles. The van der Waals surface area contributed by atoms with E-state index in [1.54, 1.807) is 24.3 Å². The van der Waals surface area contributed by atoms with Crippen molar-refractivity contribution in [1.29, 1.82) is 0 Å². The van der Waals surface area contributed by atoms with Gasteiger partial charge in [-0.05, 0) is 272 Å². The smallest absolute Gasteiger partial charge is 0.297 e. The van der Waals surface area contributed by atoms with Crippen molar-refractivity contribution in [2.45, 2.75) is 263 Å². The number of hydrogen-bond acceptors (Lipinski definition) is 6. The lowest BCUT2D eigenvalue weighted by molar-refractivity contribution is 0.0635. The molecule has 0 saturated heterocycles. The Balaban J connectivity index is 0.000000179. The first kappa shape index (κ1) is 75.2. The van der Waals surface area contributed by atoms with Crippen LogP contribution in [-0.4, -0.2) is 71.9 Å². The summed E-state index contributed by atoms with van der Waals surface area (Å²) < 4.78 is 58.5. The van der Waals surface area contributed by atoms with Gasteiger partial charge in [-0.3, -0.25) is 4.18 Å². The van der Waals surface area contributed by atoms with Crippen molar-refractivity contribution in [2.24, 2.45) is 0 Å². The Morgan fingerprint density at radius 1 is 0.500 bits per heavy atom. The number of nitrogens with one attached hydrogen (secondary N) is 1. The third-order valence-electron chi connectivity index (χ3n) is 20.4. The molecule has 0 radical (unpaired) electrons. The van der Waals surface area contributed by atoms with Crippen LogP contribution in [0.25, 0.3) is 47.2 Å². The SMILES string of the molecule is Cc1ccc(S(=O)(=O)OC2CCCC(O[Si](C)(C)C(C)(C)C)C2)cc1.[C-]#[N+]c1cc2c(Br)c[nH]c2cc1C.[C-]#[N+]c1cc2c(Br)cn([C@@H]3CCC[C@@H](O[Si](C)(C)C(C)(C)C)C3)c2cc1C.[C-]#[N+]c1cc2c(Br)cn([C@@H]3CCC[C@H](O[Si](C)(C)C(C)(C)C)C3)c2cc1C. The predicted octanol–water partition coefficient (Wildman–Crippen LogP) is 24.4. The molecule has 0 spiro atoms. The van der Waals surface area contributed by atoms with E-state index in [-0.39, 0.29) is 32.2 Å². The van der Waals surface area contributed by atoms with Crippen LogP contribution in [0.15, 0.2) is 97.6 Å². The molecular weight excluding hydrogens is 1410 g/mol. The summed E-state index contributed by atoms with van der Waals surface area (Å²) in [6, 6.07) is 20.0. The van der Waals surface area contributed by atoms with Crippen molar-refractivity contribution < 1.29 is 25.9 Å². The van der Waals surface area contributed by atoms with Crippen molar-refractivity contribution >= 4 is 133 Å². The molecule has 0 amide bonds. The maximum absolute atomic E-state index is 12.5. The summed E-state index contributed by atoms with van der Waals surface area (Å²) in [6.07, 6.45) is 19.4. The fraction of sp³-hybridized carbons (Fsp3) is 0.548. The third kappa shape index (κ3) is 18.3. The summed E-state index contributed by atoms with van der Waals surface area (Å²) in [5, 5.41) is 3.98. The molecule has 3 saturated carbocycles. The molecule has 10 rings (SSSR count). The molecular formula is C73H101Br3N6O6SSi3. The first-order valence-electron chi connectivity index (χ1n) is 32.7. The fourth-order valence-corrected chi connectivity index (χ4v) is 18.7. The van der Waals surface area contributed by atoms with Gasteiger partial charge >= 0.3 is 0 Å². The number of aromatic nitrogens is 3. The maximum Gasteiger partial charge on any atom is 0.297 e. The molecule has 3 aliphatic rings. The quantitative estimate of drug-likeness (QED) is 0.0785. The topological polar surface area (TPSA) is 110 Å². The highest BCUT2D eigenvalue weighted by molar-refractivity contribution is 9.11. The first-order valence-corrected chi connectivity index (χ1v) is 45.2. The summed E-state index contributed by atoms with van der Waals surface area (Å²) in [4.78, 5) is 14.1. The average Bonchev–Trinajstić information content (AvgIpc) is 1.61. The molecule has 3 aromatic heterocycles. The zero-order chi connectivity index (χ0) is 68.3. The third-order valence-corrected chi connectivity index (χ3v) is 37.3. The number of benzene rings is 4. The van der Waals surface area contributed by atoms with Crippen molar-refractivity contribution in [2.75, 3.05) is 0 Å². The van der Waals surface area contributed by atoms with Crippen LogP contribution in [0.1, 0.15) is 174 Å². The van der Waals surface area contributed by atoms with Crippen LogP contribution in [0.3, 0.4) is 0 Å². The van der Waals surface area contributed by atoms with Crippen LogP contribution < -0.4 is 0 Å².